The lowest BCUT2D eigenvalue weighted by Crippen LogP contribution is -2.25. The Morgan fingerprint density at radius 2 is 1.77 bits per heavy atom. The summed E-state index contributed by atoms with van der Waals surface area (Å²) in [5.41, 5.74) is 1.17. The Labute approximate surface area is 175 Å². The van der Waals surface area contributed by atoms with E-state index in [4.69, 9.17) is 23.7 Å². The van der Waals surface area contributed by atoms with E-state index in [0.717, 1.165) is 12.0 Å². The number of benzene rings is 2. The summed E-state index contributed by atoms with van der Waals surface area (Å²) < 4.78 is 26.7. The zero-order valence-electron chi connectivity index (χ0n) is 17.4. The fraction of sp³-hybridized carbons (Fsp3) is 0.364. The van der Waals surface area contributed by atoms with Crippen LogP contribution < -0.4 is 24.3 Å². The predicted molar refractivity (Wildman–Crippen MR) is 109 cm³/mol. The molecule has 1 aliphatic heterocycles. The molecular formula is C22H25NO7. The number of hydrogen-bond acceptors (Lipinski definition) is 7. The van der Waals surface area contributed by atoms with Crippen molar-refractivity contribution < 1.29 is 33.3 Å². The zero-order valence-corrected chi connectivity index (χ0v) is 17.4. The minimum absolute atomic E-state index is 0.316. The Bertz CT molecular complexity index is 917. The lowest BCUT2D eigenvalue weighted by molar-refractivity contribution is -0.149. The second-order valence-electron chi connectivity index (χ2n) is 7.38. The van der Waals surface area contributed by atoms with Crippen LogP contribution in [0.25, 0.3) is 0 Å². The summed E-state index contributed by atoms with van der Waals surface area (Å²) in [6, 6.07) is 10.5. The first-order valence-electron chi connectivity index (χ1n) is 9.42. The molecule has 0 bridgehead atoms. The van der Waals surface area contributed by atoms with E-state index in [2.05, 4.69) is 5.32 Å². The van der Waals surface area contributed by atoms with Crippen LogP contribution >= 0.6 is 0 Å². The molecule has 30 heavy (non-hydrogen) atoms. The van der Waals surface area contributed by atoms with Crippen LogP contribution in [0.3, 0.4) is 0 Å². The number of hydrogen-bond donors (Lipinski definition) is 1. The van der Waals surface area contributed by atoms with Gasteiger partial charge in [0.1, 0.15) is 17.1 Å². The average molecular weight is 415 g/mol. The van der Waals surface area contributed by atoms with Crippen molar-refractivity contribution in [1.82, 2.24) is 0 Å². The molecule has 0 saturated carbocycles. The number of ether oxygens (including phenoxy) is 5. The maximum atomic E-state index is 12.1. The molecule has 8 nitrogen and oxygen atoms in total. The van der Waals surface area contributed by atoms with Crippen molar-refractivity contribution in [2.24, 2.45) is 0 Å². The number of methoxy groups -OCH3 is 2. The highest BCUT2D eigenvalue weighted by atomic mass is 16.6. The minimum Gasteiger partial charge on any atom is -0.497 e. The van der Waals surface area contributed by atoms with E-state index in [1.165, 1.54) is 14.2 Å². The first kappa shape index (κ1) is 21.3. The highest BCUT2D eigenvalue weighted by molar-refractivity contribution is 5.93. The largest absolute Gasteiger partial charge is 0.497 e. The molecular weight excluding hydrogens is 390 g/mol. The molecule has 0 saturated heterocycles. The van der Waals surface area contributed by atoms with Gasteiger partial charge in [-0.05, 0) is 19.9 Å². The van der Waals surface area contributed by atoms with Gasteiger partial charge in [0.05, 0.1) is 14.2 Å². The third-order valence-corrected chi connectivity index (χ3v) is 4.40. The molecule has 160 valence electrons. The SMILES string of the molecule is COc1cc(NC(=O)COC(=O)COc2cccc3c2OC(C)(C)C3)cc(OC)c1. The maximum absolute atomic E-state index is 12.1. The summed E-state index contributed by atoms with van der Waals surface area (Å²) in [5.74, 6) is 1.00. The maximum Gasteiger partial charge on any atom is 0.344 e. The summed E-state index contributed by atoms with van der Waals surface area (Å²) in [7, 11) is 3.02. The third kappa shape index (κ3) is 5.34. The molecule has 0 aromatic heterocycles. The summed E-state index contributed by atoms with van der Waals surface area (Å²) in [6.45, 7) is 3.20. The number of carbonyl (C=O) groups is 2. The van der Waals surface area contributed by atoms with Crippen LogP contribution in [0.4, 0.5) is 5.69 Å². The quantitative estimate of drug-likeness (QED) is 0.663. The minimum atomic E-state index is -0.664. The van der Waals surface area contributed by atoms with Gasteiger partial charge in [0.25, 0.3) is 5.91 Å². The predicted octanol–water partition coefficient (Wildman–Crippen LogP) is 2.98. The van der Waals surface area contributed by atoms with E-state index in [-0.39, 0.29) is 12.2 Å². The summed E-state index contributed by atoms with van der Waals surface area (Å²) in [6.07, 6.45) is 0.763. The number of nitrogens with one attached hydrogen (secondary N) is 1. The van der Waals surface area contributed by atoms with Crippen LogP contribution in [0.15, 0.2) is 36.4 Å². The van der Waals surface area contributed by atoms with Crippen LogP contribution in [-0.4, -0.2) is 44.9 Å². The first-order valence-corrected chi connectivity index (χ1v) is 9.42. The topological polar surface area (TPSA) is 92.3 Å². The second-order valence-corrected chi connectivity index (χ2v) is 7.38. The number of fused-ring (bicyclic) bond motifs is 1. The van der Waals surface area contributed by atoms with Crippen molar-refractivity contribution >= 4 is 17.6 Å². The van der Waals surface area contributed by atoms with Gasteiger partial charge in [0, 0.05) is 35.9 Å². The number of rotatable bonds is 8. The van der Waals surface area contributed by atoms with Crippen molar-refractivity contribution in [2.45, 2.75) is 25.9 Å². The Balaban J connectivity index is 1.49. The average Bonchev–Trinajstić information content (AvgIpc) is 3.04. The molecule has 0 fully saturated rings. The molecule has 2 aromatic rings. The van der Waals surface area contributed by atoms with E-state index < -0.39 is 18.5 Å². The smallest absolute Gasteiger partial charge is 0.344 e. The van der Waals surface area contributed by atoms with Crippen LogP contribution in [-0.2, 0) is 20.7 Å². The highest BCUT2D eigenvalue weighted by Crippen LogP contribution is 2.41. The van der Waals surface area contributed by atoms with Gasteiger partial charge in [-0.1, -0.05) is 12.1 Å². The van der Waals surface area contributed by atoms with E-state index in [1.807, 2.05) is 26.0 Å². The number of amides is 1. The Morgan fingerprint density at radius 3 is 2.43 bits per heavy atom. The molecule has 0 aliphatic carbocycles. The van der Waals surface area contributed by atoms with Gasteiger partial charge in [-0.15, -0.1) is 0 Å². The van der Waals surface area contributed by atoms with Crippen LogP contribution in [0, 0.1) is 0 Å². The normalized spacial score (nSPS) is 13.6. The van der Waals surface area contributed by atoms with E-state index >= 15 is 0 Å². The molecule has 3 rings (SSSR count). The highest BCUT2D eigenvalue weighted by Gasteiger charge is 2.32. The van der Waals surface area contributed by atoms with Crippen molar-refractivity contribution in [3.63, 3.8) is 0 Å². The second kappa shape index (κ2) is 8.94. The summed E-state index contributed by atoms with van der Waals surface area (Å²) >= 11 is 0. The van der Waals surface area contributed by atoms with Gasteiger partial charge in [-0.3, -0.25) is 4.79 Å². The number of carbonyl (C=O) groups excluding carboxylic acids is 2. The molecule has 8 heteroatoms. The third-order valence-electron chi connectivity index (χ3n) is 4.40. The van der Waals surface area contributed by atoms with Crippen molar-refractivity contribution in [1.29, 1.82) is 0 Å². The van der Waals surface area contributed by atoms with E-state index in [0.29, 0.717) is 28.7 Å². The number of esters is 1. The fourth-order valence-electron chi connectivity index (χ4n) is 3.10. The Hall–Kier alpha value is -3.42. The van der Waals surface area contributed by atoms with Crippen LogP contribution in [0.5, 0.6) is 23.0 Å². The van der Waals surface area contributed by atoms with E-state index in [1.54, 1.807) is 24.3 Å². The summed E-state index contributed by atoms with van der Waals surface area (Å²) in [5, 5.41) is 2.63. The lowest BCUT2D eigenvalue weighted by atomic mass is 10.0. The number of para-hydroxylation sites is 1. The molecule has 0 spiro atoms. The van der Waals surface area contributed by atoms with Gasteiger partial charge in [-0.25, -0.2) is 4.79 Å². The van der Waals surface area contributed by atoms with Crippen LogP contribution in [0.2, 0.25) is 0 Å². The van der Waals surface area contributed by atoms with Crippen molar-refractivity contribution in [2.75, 3.05) is 32.8 Å². The molecule has 1 N–H and O–H groups in total. The van der Waals surface area contributed by atoms with Gasteiger partial charge >= 0.3 is 5.97 Å². The fourth-order valence-corrected chi connectivity index (χ4v) is 3.10. The van der Waals surface area contributed by atoms with Gasteiger partial charge < -0.3 is 29.0 Å². The van der Waals surface area contributed by atoms with Gasteiger partial charge in [0.2, 0.25) is 0 Å². The molecule has 1 aliphatic rings. The first-order chi connectivity index (χ1) is 14.3. The molecule has 0 atom stereocenters. The molecule has 0 unspecified atom stereocenters. The zero-order chi connectivity index (χ0) is 21.7. The Morgan fingerprint density at radius 1 is 1.07 bits per heavy atom. The molecule has 1 heterocycles. The van der Waals surface area contributed by atoms with Crippen molar-refractivity contribution in [3.05, 3.63) is 42.0 Å². The monoisotopic (exact) mass is 415 g/mol. The summed E-state index contributed by atoms with van der Waals surface area (Å²) in [4.78, 5) is 24.1. The standard InChI is InChI=1S/C22H25NO7/c1-22(2)11-14-6-5-7-18(21(14)30-22)28-13-20(25)29-12-19(24)23-15-8-16(26-3)10-17(9-15)27-4/h5-10H,11-13H2,1-4H3,(H,23,24). The van der Waals surface area contributed by atoms with Crippen molar-refractivity contribution in [3.8, 4) is 23.0 Å². The van der Waals surface area contributed by atoms with E-state index in [9.17, 15) is 9.59 Å². The molecule has 2 aromatic carbocycles. The van der Waals surface area contributed by atoms with Gasteiger partial charge in [0.15, 0.2) is 24.7 Å². The van der Waals surface area contributed by atoms with Crippen LogP contribution in [0.1, 0.15) is 19.4 Å². The number of anilines is 1. The Kier molecular flexibility index (Phi) is 6.34. The van der Waals surface area contributed by atoms with Gasteiger partial charge in [-0.2, -0.15) is 0 Å². The lowest BCUT2D eigenvalue weighted by Gasteiger charge is -2.18. The molecule has 1 amide bonds. The molecule has 0 radical (unpaired) electrons.